The molecule has 0 radical (unpaired) electrons. The maximum absolute atomic E-state index is 12.9. The van der Waals surface area contributed by atoms with Gasteiger partial charge in [-0.1, -0.05) is 29.8 Å². The normalized spacial score (nSPS) is 18.3. The van der Waals surface area contributed by atoms with Crippen LogP contribution in [0.15, 0.2) is 59.8 Å². The number of hydrogen-bond donors (Lipinski definition) is 2. The summed E-state index contributed by atoms with van der Waals surface area (Å²) in [6.07, 6.45) is 4.60. The molecular weight excluding hydrogens is 344 g/mol. The van der Waals surface area contributed by atoms with Gasteiger partial charge in [-0.25, -0.2) is 4.98 Å². The lowest BCUT2D eigenvalue weighted by atomic mass is 9.81. The summed E-state index contributed by atoms with van der Waals surface area (Å²) >= 11 is 0. The third-order valence-electron chi connectivity index (χ3n) is 4.69. The predicted molar refractivity (Wildman–Crippen MR) is 98.6 cm³/mol. The molecule has 2 aromatic heterocycles. The van der Waals surface area contributed by atoms with Crippen LogP contribution < -0.4 is 15.6 Å². The van der Waals surface area contributed by atoms with E-state index in [0.29, 0.717) is 24.5 Å². The second-order valence-electron chi connectivity index (χ2n) is 6.47. The van der Waals surface area contributed by atoms with Gasteiger partial charge >= 0.3 is 0 Å². The second kappa shape index (κ2) is 6.68. The van der Waals surface area contributed by atoms with Crippen LogP contribution in [0.25, 0.3) is 0 Å². The Morgan fingerprint density at radius 3 is 2.78 bits per heavy atom. The van der Waals surface area contributed by atoms with Crippen molar-refractivity contribution in [1.82, 2.24) is 20.3 Å². The Morgan fingerprint density at radius 1 is 1.22 bits per heavy atom. The molecule has 0 saturated heterocycles. The minimum absolute atomic E-state index is 0.130. The molecule has 1 aliphatic rings. The van der Waals surface area contributed by atoms with E-state index in [0.717, 1.165) is 17.3 Å². The lowest BCUT2D eigenvalue weighted by Crippen LogP contribution is -2.50. The van der Waals surface area contributed by atoms with Gasteiger partial charge in [0, 0.05) is 18.8 Å². The lowest BCUT2D eigenvalue weighted by molar-refractivity contribution is 0.0878. The molecule has 0 spiro atoms. The number of aromatic amines is 1. The van der Waals surface area contributed by atoms with Crippen molar-refractivity contribution in [2.24, 2.45) is 0 Å². The first-order valence-electron chi connectivity index (χ1n) is 8.61. The number of rotatable bonds is 3. The van der Waals surface area contributed by atoms with E-state index in [4.69, 9.17) is 4.74 Å². The van der Waals surface area contributed by atoms with E-state index < -0.39 is 11.4 Å². The van der Waals surface area contributed by atoms with Gasteiger partial charge in [0.1, 0.15) is 22.7 Å². The van der Waals surface area contributed by atoms with E-state index >= 15 is 0 Å². The third-order valence-corrected chi connectivity index (χ3v) is 4.69. The average Bonchev–Trinajstić information content (AvgIpc) is 2.69. The number of carbonyl (C=O) groups excluding carboxylic acids is 1. The zero-order valence-electron chi connectivity index (χ0n) is 14.7. The Labute approximate surface area is 155 Å². The molecule has 7 heteroatoms. The Morgan fingerprint density at radius 2 is 2.04 bits per heavy atom. The standard InChI is InChI=1S/C20H18N4O3/c1-13-4-6-14(7-5-13)20(8-10-27-16-3-2-9-21-18(16)20)24-19(26)15-11-23-17(25)12-22-15/h2-7,9,11-12H,8,10H2,1H3,(H,23,25)(H,24,26)/t20-/m0/s1. The van der Waals surface area contributed by atoms with Crippen LogP contribution in [-0.4, -0.2) is 27.5 Å². The minimum Gasteiger partial charge on any atom is -0.491 e. The highest BCUT2D eigenvalue weighted by Crippen LogP contribution is 2.40. The van der Waals surface area contributed by atoms with Crippen molar-refractivity contribution >= 4 is 5.91 Å². The van der Waals surface area contributed by atoms with Gasteiger partial charge in [0.25, 0.3) is 11.5 Å². The number of aryl methyl sites for hydroxylation is 1. The van der Waals surface area contributed by atoms with Crippen molar-refractivity contribution in [2.45, 2.75) is 18.9 Å². The molecule has 1 amide bonds. The van der Waals surface area contributed by atoms with Crippen LogP contribution in [0, 0.1) is 6.92 Å². The highest BCUT2D eigenvalue weighted by Gasteiger charge is 2.42. The van der Waals surface area contributed by atoms with Crippen LogP contribution >= 0.6 is 0 Å². The van der Waals surface area contributed by atoms with Crippen molar-refractivity contribution in [3.63, 3.8) is 0 Å². The first kappa shape index (κ1) is 17.0. The Balaban J connectivity index is 1.82. The number of aromatic nitrogens is 3. The molecule has 27 heavy (non-hydrogen) atoms. The molecule has 2 N–H and O–H groups in total. The van der Waals surface area contributed by atoms with Gasteiger partial charge in [0.2, 0.25) is 0 Å². The number of nitrogens with zero attached hydrogens (tertiary/aromatic N) is 2. The molecule has 0 aliphatic carbocycles. The molecule has 0 unspecified atom stereocenters. The van der Waals surface area contributed by atoms with Crippen LogP contribution in [0.2, 0.25) is 0 Å². The average molecular weight is 362 g/mol. The number of carbonyl (C=O) groups is 1. The zero-order chi connectivity index (χ0) is 18.9. The van der Waals surface area contributed by atoms with Crippen molar-refractivity contribution in [1.29, 1.82) is 0 Å². The molecule has 1 aromatic carbocycles. The van der Waals surface area contributed by atoms with E-state index in [1.165, 1.54) is 6.20 Å². The summed E-state index contributed by atoms with van der Waals surface area (Å²) in [5, 5.41) is 3.09. The van der Waals surface area contributed by atoms with Crippen LogP contribution in [0.1, 0.15) is 33.7 Å². The minimum atomic E-state index is -0.850. The molecule has 0 bridgehead atoms. The summed E-state index contributed by atoms with van der Waals surface area (Å²) in [6, 6.07) is 11.6. The summed E-state index contributed by atoms with van der Waals surface area (Å²) in [4.78, 5) is 35.1. The number of hydrogen-bond acceptors (Lipinski definition) is 5. The maximum atomic E-state index is 12.9. The third kappa shape index (κ3) is 3.08. The molecule has 7 nitrogen and oxygen atoms in total. The number of H-pyrrole nitrogens is 1. The Bertz CT molecular complexity index is 1030. The van der Waals surface area contributed by atoms with Crippen LogP contribution in [0.5, 0.6) is 5.75 Å². The zero-order valence-corrected chi connectivity index (χ0v) is 14.7. The van der Waals surface area contributed by atoms with Crippen LogP contribution in [0.4, 0.5) is 0 Å². The number of nitrogens with one attached hydrogen (secondary N) is 2. The van der Waals surface area contributed by atoms with Gasteiger partial charge < -0.3 is 15.0 Å². The van der Waals surface area contributed by atoms with Gasteiger partial charge in [-0.15, -0.1) is 0 Å². The molecular formula is C20H18N4O3. The molecule has 1 atom stereocenters. The highest BCUT2D eigenvalue weighted by atomic mass is 16.5. The van der Waals surface area contributed by atoms with Gasteiger partial charge in [-0.05, 0) is 24.6 Å². The van der Waals surface area contributed by atoms with Crippen molar-refractivity contribution in [2.75, 3.05) is 6.61 Å². The van der Waals surface area contributed by atoms with E-state index in [-0.39, 0.29) is 11.3 Å². The number of amides is 1. The molecule has 0 fully saturated rings. The highest BCUT2D eigenvalue weighted by molar-refractivity contribution is 5.93. The number of pyridine rings is 1. The summed E-state index contributed by atoms with van der Waals surface area (Å²) in [5.74, 6) is 0.240. The van der Waals surface area contributed by atoms with E-state index in [9.17, 15) is 9.59 Å². The first-order valence-corrected chi connectivity index (χ1v) is 8.61. The number of benzene rings is 1. The predicted octanol–water partition coefficient (Wildman–Crippen LogP) is 1.93. The van der Waals surface area contributed by atoms with Crippen molar-refractivity contribution in [3.8, 4) is 5.75 Å². The summed E-state index contributed by atoms with van der Waals surface area (Å²) in [7, 11) is 0. The van der Waals surface area contributed by atoms with Gasteiger partial charge in [-0.2, -0.15) is 0 Å². The lowest BCUT2D eigenvalue weighted by Gasteiger charge is -2.38. The molecule has 4 rings (SSSR count). The molecule has 3 heterocycles. The van der Waals surface area contributed by atoms with Gasteiger partial charge in [-0.3, -0.25) is 14.6 Å². The fourth-order valence-electron chi connectivity index (χ4n) is 3.30. The molecule has 0 saturated carbocycles. The largest absolute Gasteiger partial charge is 0.491 e. The summed E-state index contributed by atoms with van der Waals surface area (Å²) in [5.41, 5.74) is 1.60. The van der Waals surface area contributed by atoms with Gasteiger partial charge in [0.05, 0.1) is 12.8 Å². The number of ether oxygens (including phenoxy) is 1. The quantitative estimate of drug-likeness (QED) is 0.742. The molecule has 3 aromatic rings. The number of fused-ring (bicyclic) bond motifs is 1. The fraction of sp³-hybridized carbons (Fsp3) is 0.200. The maximum Gasteiger partial charge on any atom is 0.272 e. The fourth-order valence-corrected chi connectivity index (χ4v) is 3.30. The summed E-state index contributed by atoms with van der Waals surface area (Å²) in [6.45, 7) is 2.45. The van der Waals surface area contributed by atoms with Crippen LogP contribution in [0.3, 0.4) is 0 Å². The van der Waals surface area contributed by atoms with E-state index in [2.05, 4.69) is 20.3 Å². The topological polar surface area (TPSA) is 97.0 Å². The van der Waals surface area contributed by atoms with Crippen LogP contribution in [-0.2, 0) is 5.54 Å². The molecule has 136 valence electrons. The first-order chi connectivity index (χ1) is 13.1. The Hall–Kier alpha value is -3.48. The molecule has 1 aliphatic heterocycles. The van der Waals surface area contributed by atoms with Crippen molar-refractivity contribution in [3.05, 3.63) is 87.9 Å². The monoisotopic (exact) mass is 362 g/mol. The Kier molecular flexibility index (Phi) is 4.19. The summed E-state index contributed by atoms with van der Waals surface area (Å²) < 4.78 is 5.75. The van der Waals surface area contributed by atoms with E-state index in [1.54, 1.807) is 12.3 Å². The van der Waals surface area contributed by atoms with E-state index in [1.807, 2.05) is 37.3 Å². The van der Waals surface area contributed by atoms with Gasteiger partial charge in [0.15, 0.2) is 0 Å². The SMILES string of the molecule is Cc1ccc([C@@]2(NC(=O)c3c[nH]c(=O)cn3)CCOc3cccnc32)cc1. The smallest absolute Gasteiger partial charge is 0.272 e. The second-order valence-corrected chi connectivity index (χ2v) is 6.47. The van der Waals surface area contributed by atoms with Crippen molar-refractivity contribution < 1.29 is 9.53 Å².